The zero-order valence-corrected chi connectivity index (χ0v) is 11.0. The number of nitrogens with zero attached hydrogens (tertiary/aromatic N) is 1. The number of halogens is 1. The normalized spacial score (nSPS) is 17.2. The van der Waals surface area contributed by atoms with E-state index in [-0.39, 0.29) is 12.4 Å². The molecule has 0 radical (unpaired) electrons. The van der Waals surface area contributed by atoms with Gasteiger partial charge in [-0.15, -0.1) is 23.7 Å². The van der Waals surface area contributed by atoms with Crippen molar-refractivity contribution in [1.29, 1.82) is 0 Å². The quantitative estimate of drug-likeness (QED) is 0.864. The third kappa shape index (κ3) is 3.44. The highest BCUT2D eigenvalue weighted by Crippen LogP contribution is 2.47. The molecule has 2 nitrogen and oxygen atoms in total. The summed E-state index contributed by atoms with van der Waals surface area (Å²) in [6.45, 7) is 6.53. The van der Waals surface area contributed by atoms with E-state index in [0.717, 1.165) is 6.54 Å². The lowest BCUT2D eigenvalue weighted by Gasteiger charge is -2.12. The molecule has 0 bridgehead atoms. The second-order valence-electron chi connectivity index (χ2n) is 4.30. The van der Waals surface area contributed by atoms with E-state index in [1.54, 1.807) is 11.3 Å². The van der Waals surface area contributed by atoms with E-state index in [1.807, 2.05) is 6.20 Å². The maximum absolute atomic E-state index is 4.25. The minimum absolute atomic E-state index is 0. The predicted molar refractivity (Wildman–Crippen MR) is 67.8 cm³/mol. The molecule has 1 aromatic rings. The van der Waals surface area contributed by atoms with Crippen molar-refractivity contribution in [3.8, 4) is 0 Å². The maximum atomic E-state index is 4.25. The average molecular weight is 247 g/mol. The van der Waals surface area contributed by atoms with Gasteiger partial charge in [-0.3, -0.25) is 0 Å². The van der Waals surface area contributed by atoms with Crippen LogP contribution < -0.4 is 5.32 Å². The van der Waals surface area contributed by atoms with Crippen molar-refractivity contribution >= 4 is 23.7 Å². The van der Waals surface area contributed by atoms with E-state index in [9.17, 15) is 0 Å². The van der Waals surface area contributed by atoms with Crippen LogP contribution in [0.5, 0.6) is 0 Å². The fraction of sp³-hybridized carbons (Fsp3) is 0.727. The molecule has 0 atom stereocenters. The number of aromatic nitrogens is 1. The molecule has 1 N–H and O–H groups in total. The van der Waals surface area contributed by atoms with E-state index < -0.39 is 0 Å². The van der Waals surface area contributed by atoms with Crippen LogP contribution in [0.3, 0.4) is 0 Å². The standard InChI is InChI=1S/C11H18N2S.ClH/c1-3-11(4-5-11)8-12-6-10-7-13-9(2)14-10;/h7,12H,3-6,8H2,1-2H3;1H. The Kier molecular flexibility index (Phi) is 4.56. The number of hydrogen-bond acceptors (Lipinski definition) is 3. The summed E-state index contributed by atoms with van der Waals surface area (Å²) in [7, 11) is 0. The molecule has 0 saturated heterocycles. The predicted octanol–water partition coefficient (Wildman–Crippen LogP) is 3.15. The van der Waals surface area contributed by atoms with E-state index in [4.69, 9.17) is 0 Å². The number of thiazole rings is 1. The van der Waals surface area contributed by atoms with Crippen molar-refractivity contribution in [1.82, 2.24) is 10.3 Å². The van der Waals surface area contributed by atoms with Crippen LogP contribution in [0.1, 0.15) is 36.1 Å². The molecule has 1 aliphatic rings. The molecule has 0 aromatic carbocycles. The van der Waals surface area contributed by atoms with Crippen LogP contribution in [0.15, 0.2) is 6.20 Å². The van der Waals surface area contributed by atoms with Crippen LogP contribution in [0.4, 0.5) is 0 Å². The molecule has 2 rings (SSSR count). The van der Waals surface area contributed by atoms with Crippen molar-refractivity contribution in [3.05, 3.63) is 16.1 Å². The smallest absolute Gasteiger partial charge is 0.0897 e. The number of aryl methyl sites for hydroxylation is 1. The van der Waals surface area contributed by atoms with E-state index in [0.29, 0.717) is 5.41 Å². The first-order valence-electron chi connectivity index (χ1n) is 5.36. The Hall–Kier alpha value is -0.120. The first kappa shape index (κ1) is 12.9. The molecule has 1 aromatic heterocycles. The number of hydrogen-bond donors (Lipinski definition) is 1. The second-order valence-corrected chi connectivity index (χ2v) is 5.62. The largest absolute Gasteiger partial charge is 0.311 e. The summed E-state index contributed by atoms with van der Waals surface area (Å²) in [5, 5.41) is 4.70. The van der Waals surface area contributed by atoms with Crippen molar-refractivity contribution < 1.29 is 0 Å². The Bertz CT molecular complexity index is 307. The Morgan fingerprint density at radius 3 is 2.73 bits per heavy atom. The van der Waals surface area contributed by atoms with Crippen LogP contribution in [-0.4, -0.2) is 11.5 Å². The van der Waals surface area contributed by atoms with Gasteiger partial charge >= 0.3 is 0 Å². The lowest BCUT2D eigenvalue weighted by Crippen LogP contribution is -2.22. The Balaban J connectivity index is 0.00000112. The molecule has 0 amide bonds. The Labute approximate surface area is 102 Å². The van der Waals surface area contributed by atoms with Gasteiger partial charge in [-0.1, -0.05) is 6.92 Å². The first-order chi connectivity index (χ1) is 6.74. The summed E-state index contributed by atoms with van der Waals surface area (Å²) in [5.41, 5.74) is 0.653. The van der Waals surface area contributed by atoms with Crippen molar-refractivity contribution in [3.63, 3.8) is 0 Å². The second kappa shape index (κ2) is 5.28. The van der Waals surface area contributed by atoms with Gasteiger partial charge in [0.25, 0.3) is 0 Å². The van der Waals surface area contributed by atoms with Crippen molar-refractivity contribution in [2.24, 2.45) is 5.41 Å². The van der Waals surface area contributed by atoms with E-state index in [1.165, 1.54) is 35.7 Å². The molecular formula is C11H19ClN2S. The molecule has 1 saturated carbocycles. The average Bonchev–Trinajstić information content (AvgIpc) is 2.84. The molecule has 1 fully saturated rings. The van der Waals surface area contributed by atoms with Gasteiger partial charge in [-0.2, -0.15) is 0 Å². The molecular weight excluding hydrogens is 228 g/mol. The van der Waals surface area contributed by atoms with Crippen LogP contribution in [0, 0.1) is 12.3 Å². The Morgan fingerprint density at radius 2 is 2.27 bits per heavy atom. The highest BCUT2D eigenvalue weighted by Gasteiger charge is 2.39. The molecule has 0 unspecified atom stereocenters. The summed E-state index contributed by atoms with van der Waals surface area (Å²) in [6.07, 6.45) is 6.14. The van der Waals surface area contributed by atoms with Crippen molar-refractivity contribution in [2.45, 2.75) is 39.7 Å². The third-order valence-electron chi connectivity index (χ3n) is 3.18. The topological polar surface area (TPSA) is 24.9 Å². The SMILES string of the molecule is CCC1(CNCc2cnc(C)s2)CC1.Cl. The minimum atomic E-state index is 0. The highest BCUT2D eigenvalue weighted by atomic mass is 35.5. The number of rotatable bonds is 5. The zero-order chi connectivity index (χ0) is 10.0. The molecule has 1 heterocycles. The summed E-state index contributed by atoms with van der Waals surface area (Å²) < 4.78 is 0. The maximum Gasteiger partial charge on any atom is 0.0897 e. The molecule has 1 aliphatic carbocycles. The van der Waals surface area contributed by atoms with Crippen LogP contribution in [-0.2, 0) is 6.54 Å². The van der Waals surface area contributed by atoms with E-state index >= 15 is 0 Å². The highest BCUT2D eigenvalue weighted by molar-refractivity contribution is 7.11. The van der Waals surface area contributed by atoms with Crippen LogP contribution in [0.2, 0.25) is 0 Å². The molecule has 0 spiro atoms. The fourth-order valence-electron chi connectivity index (χ4n) is 1.77. The van der Waals surface area contributed by atoms with Gasteiger partial charge in [-0.05, 0) is 31.6 Å². The summed E-state index contributed by atoms with van der Waals surface area (Å²) in [6, 6.07) is 0. The molecule has 4 heteroatoms. The monoisotopic (exact) mass is 246 g/mol. The summed E-state index contributed by atoms with van der Waals surface area (Å²) in [5.74, 6) is 0. The van der Waals surface area contributed by atoms with Gasteiger partial charge in [0.15, 0.2) is 0 Å². The summed E-state index contributed by atoms with van der Waals surface area (Å²) >= 11 is 1.79. The van der Waals surface area contributed by atoms with Gasteiger partial charge in [0.1, 0.15) is 0 Å². The summed E-state index contributed by atoms with van der Waals surface area (Å²) in [4.78, 5) is 5.60. The zero-order valence-electron chi connectivity index (χ0n) is 9.38. The van der Waals surface area contributed by atoms with Gasteiger partial charge in [0, 0.05) is 24.2 Å². The molecule has 86 valence electrons. The number of nitrogens with one attached hydrogen (secondary N) is 1. The lowest BCUT2D eigenvalue weighted by molar-refractivity contribution is 0.444. The molecule has 0 aliphatic heterocycles. The van der Waals surface area contributed by atoms with Gasteiger partial charge in [0.2, 0.25) is 0 Å². The minimum Gasteiger partial charge on any atom is -0.311 e. The van der Waals surface area contributed by atoms with Gasteiger partial charge in [-0.25, -0.2) is 4.98 Å². The lowest BCUT2D eigenvalue weighted by atomic mass is 10.0. The van der Waals surface area contributed by atoms with E-state index in [2.05, 4.69) is 24.1 Å². The first-order valence-corrected chi connectivity index (χ1v) is 6.18. The third-order valence-corrected chi connectivity index (χ3v) is 4.09. The molecule has 15 heavy (non-hydrogen) atoms. The Morgan fingerprint density at radius 1 is 1.53 bits per heavy atom. The van der Waals surface area contributed by atoms with Crippen LogP contribution in [0.25, 0.3) is 0 Å². The van der Waals surface area contributed by atoms with Gasteiger partial charge in [0.05, 0.1) is 5.01 Å². The van der Waals surface area contributed by atoms with Crippen molar-refractivity contribution in [2.75, 3.05) is 6.54 Å². The fourth-order valence-corrected chi connectivity index (χ4v) is 2.53. The van der Waals surface area contributed by atoms with Gasteiger partial charge < -0.3 is 5.32 Å². The van der Waals surface area contributed by atoms with Crippen LogP contribution >= 0.6 is 23.7 Å².